The van der Waals surface area contributed by atoms with Crippen LogP contribution in [0.4, 0.5) is 5.95 Å². The summed E-state index contributed by atoms with van der Waals surface area (Å²) in [5, 5.41) is 0. The van der Waals surface area contributed by atoms with Gasteiger partial charge in [-0.15, -0.1) is 0 Å². The minimum atomic E-state index is 0.267. The fraction of sp³-hybridized carbons (Fsp3) is 0.667. The molecule has 0 aromatic carbocycles. The normalized spacial score (nSPS) is 19.9. The lowest BCUT2D eigenvalue weighted by atomic mass is 9.76. The van der Waals surface area contributed by atoms with Crippen LogP contribution < -0.4 is 16.0 Å². The van der Waals surface area contributed by atoms with E-state index in [1.165, 1.54) is 12.8 Å². The van der Waals surface area contributed by atoms with Crippen molar-refractivity contribution in [2.75, 3.05) is 5.43 Å². The number of hydrogen-bond donors (Lipinski definition) is 2. The van der Waals surface area contributed by atoms with Gasteiger partial charge in [0, 0.05) is 12.3 Å². The topological polar surface area (TPSA) is 73.1 Å². The average molecular weight is 236 g/mol. The van der Waals surface area contributed by atoms with Gasteiger partial charge in [0.15, 0.2) is 0 Å². The summed E-state index contributed by atoms with van der Waals surface area (Å²) in [7, 11) is 0. The van der Waals surface area contributed by atoms with E-state index < -0.39 is 0 Å². The molecule has 1 fully saturated rings. The molecular weight excluding hydrogens is 216 g/mol. The third-order valence-corrected chi connectivity index (χ3v) is 3.33. The highest BCUT2D eigenvalue weighted by molar-refractivity contribution is 5.25. The first kappa shape index (κ1) is 12.1. The van der Waals surface area contributed by atoms with Crippen molar-refractivity contribution in [2.45, 2.75) is 45.6 Å². The molecule has 0 aliphatic heterocycles. The number of nitrogens with two attached hydrogens (primary N) is 1. The first-order valence-electron chi connectivity index (χ1n) is 6.05. The summed E-state index contributed by atoms with van der Waals surface area (Å²) in [6.07, 6.45) is 6.48. The maximum Gasteiger partial charge on any atom is 0.240 e. The van der Waals surface area contributed by atoms with Gasteiger partial charge in [0.25, 0.3) is 0 Å². The second kappa shape index (κ2) is 4.87. The van der Waals surface area contributed by atoms with Gasteiger partial charge in [0.1, 0.15) is 6.10 Å². The van der Waals surface area contributed by atoms with E-state index in [2.05, 4.69) is 29.2 Å². The highest BCUT2D eigenvalue weighted by atomic mass is 16.5. The number of nitrogen functional groups attached to an aromatic ring is 1. The predicted molar refractivity (Wildman–Crippen MR) is 66.5 cm³/mol. The standard InChI is InChI=1S/C12H20N4O/c1-12(2)6-3-9(4-7-12)17-10-5-8-14-11(15-10)16-13/h5,8-9H,3-4,6-7,13H2,1-2H3,(H,14,15,16). The van der Waals surface area contributed by atoms with Crippen molar-refractivity contribution in [1.82, 2.24) is 9.97 Å². The van der Waals surface area contributed by atoms with Gasteiger partial charge in [-0.1, -0.05) is 13.8 Å². The number of anilines is 1. The van der Waals surface area contributed by atoms with Crippen molar-refractivity contribution in [3.05, 3.63) is 12.3 Å². The molecule has 1 aliphatic carbocycles. The van der Waals surface area contributed by atoms with Crippen LogP contribution in [-0.2, 0) is 0 Å². The Balaban J connectivity index is 1.93. The highest BCUT2D eigenvalue weighted by Crippen LogP contribution is 2.36. The van der Waals surface area contributed by atoms with Crippen LogP contribution in [0.25, 0.3) is 0 Å². The summed E-state index contributed by atoms with van der Waals surface area (Å²) in [5.74, 6) is 6.24. The van der Waals surface area contributed by atoms with Crippen LogP contribution >= 0.6 is 0 Å². The van der Waals surface area contributed by atoms with Crippen molar-refractivity contribution in [1.29, 1.82) is 0 Å². The number of nitrogens with one attached hydrogen (secondary N) is 1. The molecule has 94 valence electrons. The SMILES string of the molecule is CC1(C)CCC(Oc2ccnc(NN)n2)CC1. The number of rotatable bonds is 3. The molecule has 1 heterocycles. The summed E-state index contributed by atoms with van der Waals surface area (Å²) in [5.41, 5.74) is 2.87. The van der Waals surface area contributed by atoms with E-state index in [0.29, 0.717) is 17.2 Å². The van der Waals surface area contributed by atoms with Crippen LogP contribution in [0, 0.1) is 5.41 Å². The first-order chi connectivity index (χ1) is 8.09. The Kier molecular flexibility index (Phi) is 3.47. The van der Waals surface area contributed by atoms with Gasteiger partial charge >= 0.3 is 0 Å². The smallest absolute Gasteiger partial charge is 0.240 e. The van der Waals surface area contributed by atoms with E-state index in [1.807, 2.05) is 0 Å². The molecule has 0 saturated heterocycles. The molecule has 1 aliphatic rings. The van der Waals surface area contributed by atoms with E-state index in [0.717, 1.165) is 12.8 Å². The zero-order valence-electron chi connectivity index (χ0n) is 10.4. The molecular formula is C12H20N4O. The molecule has 5 heteroatoms. The van der Waals surface area contributed by atoms with Crippen LogP contribution in [0.15, 0.2) is 12.3 Å². The fourth-order valence-electron chi connectivity index (χ4n) is 2.14. The Morgan fingerprint density at radius 2 is 2.12 bits per heavy atom. The lowest BCUT2D eigenvalue weighted by Crippen LogP contribution is -2.28. The van der Waals surface area contributed by atoms with Crippen molar-refractivity contribution >= 4 is 5.95 Å². The van der Waals surface area contributed by atoms with E-state index in [-0.39, 0.29) is 6.10 Å². The Hall–Kier alpha value is -1.36. The third-order valence-electron chi connectivity index (χ3n) is 3.33. The second-order valence-corrected chi connectivity index (χ2v) is 5.34. The molecule has 0 radical (unpaired) electrons. The number of ether oxygens (including phenoxy) is 1. The molecule has 1 aromatic rings. The zero-order valence-corrected chi connectivity index (χ0v) is 10.4. The second-order valence-electron chi connectivity index (χ2n) is 5.34. The van der Waals surface area contributed by atoms with Gasteiger partial charge in [-0.25, -0.2) is 10.8 Å². The summed E-state index contributed by atoms with van der Waals surface area (Å²) in [4.78, 5) is 8.10. The van der Waals surface area contributed by atoms with Crippen molar-refractivity contribution in [3.63, 3.8) is 0 Å². The molecule has 5 nitrogen and oxygen atoms in total. The Morgan fingerprint density at radius 3 is 2.76 bits per heavy atom. The molecule has 0 amide bonds. The van der Waals surface area contributed by atoms with Crippen molar-refractivity contribution in [2.24, 2.45) is 11.3 Å². The van der Waals surface area contributed by atoms with Crippen molar-refractivity contribution in [3.8, 4) is 5.88 Å². The largest absolute Gasteiger partial charge is 0.474 e. The quantitative estimate of drug-likeness (QED) is 0.621. The maximum atomic E-state index is 5.84. The summed E-state index contributed by atoms with van der Waals surface area (Å²) in [6.45, 7) is 4.62. The molecule has 1 aromatic heterocycles. The molecule has 1 saturated carbocycles. The van der Waals surface area contributed by atoms with Gasteiger partial charge in [0.05, 0.1) is 0 Å². The van der Waals surface area contributed by atoms with Crippen LogP contribution in [0.3, 0.4) is 0 Å². The van der Waals surface area contributed by atoms with Gasteiger partial charge < -0.3 is 4.74 Å². The molecule has 0 atom stereocenters. The average Bonchev–Trinajstić information content (AvgIpc) is 2.32. The van der Waals surface area contributed by atoms with Crippen LogP contribution in [-0.4, -0.2) is 16.1 Å². The molecule has 3 N–H and O–H groups in total. The minimum absolute atomic E-state index is 0.267. The summed E-state index contributed by atoms with van der Waals surface area (Å²) < 4.78 is 5.84. The highest BCUT2D eigenvalue weighted by Gasteiger charge is 2.27. The minimum Gasteiger partial charge on any atom is -0.474 e. The molecule has 0 spiro atoms. The number of aromatic nitrogens is 2. The summed E-state index contributed by atoms with van der Waals surface area (Å²) in [6, 6.07) is 1.76. The van der Waals surface area contributed by atoms with Crippen molar-refractivity contribution < 1.29 is 4.74 Å². The number of hydrogen-bond acceptors (Lipinski definition) is 5. The van der Waals surface area contributed by atoms with Crippen LogP contribution in [0.5, 0.6) is 5.88 Å². The Bertz CT molecular complexity index is 371. The lowest BCUT2D eigenvalue weighted by molar-refractivity contribution is 0.0949. The van der Waals surface area contributed by atoms with Gasteiger partial charge in [0.2, 0.25) is 11.8 Å². The molecule has 2 rings (SSSR count). The number of nitrogens with zero attached hydrogens (tertiary/aromatic N) is 2. The predicted octanol–water partition coefficient (Wildman–Crippen LogP) is 2.11. The van der Waals surface area contributed by atoms with E-state index in [1.54, 1.807) is 12.3 Å². The van der Waals surface area contributed by atoms with Gasteiger partial charge in [-0.2, -0.15) is 4.98 Å². The molecule has 0 unspecified atom stereocenters. The maximum absolute atomic E-state index is 5.84. The van der Waals surface area contributed by atoms with Crippen LogP contribution in [0.1, 0.15) is 39.5 Å². The third kappa shape index (κ3) is 3.30. The van der Waals surface area contributed by atoms with E-state index in [4.69, 9.17) is 10.6 Å². The monoisotopic (exact) mass is 236 g/mol. The fourth-order valence-corrected chi connectivity index (χ4v) is 2.14. The van der Waals surface area contributed by atoms with Gasteiger partial charge in [-0.3, -0.25) is 5.43 Å². The first-order valence-corrected chi connectivity index (χ1v) is 6.05. The lowest BCUT2D eigenvalue weighted by Gasteiger charge is -2.34. The molecule has 17 heavy (non-hydrogen) atoms. The number of hydrazine groups is 1. The van der Waals surface area contributed by atoms with E-state index >= 15 is 0 Å². The summed E-state index contributed by atoms with van der Waals surface area (Å²) >= 11 is 0. The van der Waals surface area contributed by atoms with Crippen LogP contribution in [0.2, 0.25) is 0 Å². The van der Waals surface area contributed by atoms with E-state index in [9.17, 15) is 0 Å². The Labute approximate surface area is 102 Å². The van der Waals surface area contributed by atoms with Gasteiger partial charge in [-0.05, 0) is 31.1 Å². The zero-order chi connectivity index (χ0) is 12.3. The Morgan fingerprint density at radius 1 is 1.41 bits per heavy atom. The molecule has 0 bridgehead atoms.